The predicted octanol–water partition coefficient (Wildman–Crippen LogP) is 4.02. The molecule has 0 saturated heterocycles. The summed E-state index contributed by atoms with van der Waals surface area (Å²) in [6.45, 7) is 0.608. The first-order valence-electron chi connectivity index (χ1n) is 7.32. The largest absolute Gasteiger partial charge is 0.383 e. The molecule has 1 aromatic heterocycles. The number of hydrogen-bond acceptors (Lipinski definition) is 3. The summed E-state index contributed by atoms with van der Waals surface area (Å²) in [6, 6.07) is 8.59. The van der Waals surface area contributed by atoms with Crippen LogP contribution in [0, 0.1) is 11.6 Å². The number of carbonyl (C=O) groups excluding carboxylic acids is 1. The molecule has 0 radical (unpaired) electrons. The second-order valence-electron chi connectivity index (χ2n) is 5.13. The third-order valence-electron chi connectivity index (χ3n) is 3.54. The fraction of sp³-hybridized carbons (Fsp3) is 0.176. The summed E-state index contributed by atoms with van der Waals surface area (Å²) in [5.74, 6) is -2.00. The van der Waals surface area contributed by atoms with E-state index in [4.69, 9.17) is 16.3 Å². The van der Waals surface area contributed by atoms with E-state index < -0.39 is 17.5 Å². The molecule has 25 heavy (non-hydrogen) atoms. The first kappa shape index (κ1) is 17.7. The summed E-state index contributed by atoms with van der Waals surface area (Å²) in [5.41, 5.74) is 0.0242. The first-order valence-corrected chi connectivity index (χ1v) is 8.52. The summed E-state index contributed by atoms with van der Waals surface area (Å²) in [4.78, 5) is 16.7. The lowest BCUT2D eigenvalue weighted by atomic mass is 10.2. The average Bonchev–Trinajstić information content (AvgIpc) is 2.91. The maximum absolute atomic E-state index is 14.2. The van der Waals surface area contributed by atoms with E-state index in [1.54, 1.807) is 16.7 Å². The molecular formula is C17H13ClF2N2O2S. The van der Waals surface area contributed by atoms with Gasteiger partial charge in [-0.1, -0.05) is 35.1 Å². The molecule has 3 aromatic rings. The van der Waals surface area contributed by atoms with Gasteiger partial charge in [0, 0.05) is 13.7 Å². The maximum Gasteiger partial charge on any atom is 0.284 e. The van der Waals surface area contributed by atoms with E-state index >= 15 is 0 Å². The number of para-hydroxylation sites is 1. The molecule has 0 fully saturated rings. The number of fused-ring (bicyclic) bond motifs is 1. The molecule has 0 atom stereocenters. The van der Waals surface area contributed by atoms with E-state index in [1.807, 2.05) is 0 Å². The predicted molar refractivity (Wildman–Crippen MR) is 93.0 cm³/mol. The van der Waals surface area contributed by atoms with Crippen LogP contribution in [-0.4, -0.2) is 24.2 Å². The first-order chi connectivity index (χ1) is 12.0. The number of amides is 1. The van der Waals surface area contributed by atoms with Gasteiger partial charge in [0.1, 0.15) is 11.6 Å². The summed E-state index contributed by atoms with van der Waals surface area (Å²) >= 11 is 7.05. The maximum atomic E-state index is 14.2. The smallest absolute Gasteiger partial charge is 0.284 e. The number of methoxy groups -OCH3 is 1. The van der Waals surface area contributed by atoms with Crippen LogP contribution in [0.3, 0.4) is 0 Å². The topological polar surface area (TPSA) is 43.6 Å². The Morgan fingerprint density at radius 1 is 1.24 bits per heavy atom. The number of aromatic nitrogens is 1. The van der Waals surface area contributed by atoms with Crippen molar-refractivity contribution in [2.75, 3.05) is 13.7 Å². The van der Waals surface area contributed by atoms with E-state index in [1.165, 1.54) is 25.3 Å². The zero-order chi connectivity index (χ0) is 18.0. The molecule has 0 unspecified atom stereocenters. The molecule has 4 nitrogen and oxygen atoms in total. The highest BCUT2D eigenvalue weighted by atomic mass is 35.5. The quantitative estimate of drug-likeness (QED) is 0.684. The second-order valence-corrected chi connectivity index (χ2v) is 6.55. The van der Waals surface area contributed by atoms with Crippen LogP contribution in [0.25, 0.3) is 10.2 Å². The second kappa shape index (κ2) is 7.43. The van der Waals surface area contributed by atoms with Gasteiger partial charge in [0.2, 0.25) is 0 Å². The normalized spacial score (nSPS) is 12.1. The number of carbonyl (C=O) groups is 1. The van der Waals surface area contributed by atoms with E-state index in [-0.39, 0.29) is 15.4 Å². The molecule has 0 aliphatic rings. The van der Waals surface area contributed by atoms with Crippen LogP contribution in [0.15, 0.2) is 41.4 Å². The Bertz CT molecular complexity index is 993. The average molecular weight is 383 g/mol. The molecule has 1 amide bonds. The minimum atomic E-state index is -0.818. The molecule has 0 spiro atoms. The summed E-state index contributed by atoms with van der Waals surface area (Å²) in [6.07, 6.45) is 0. The summed E-state index contributed by atoms with van der Waals surface area (Å²) < 4.78 is 35.4. The lowest BCUT2D eigenvalue weighted by Gasteiger charge is -2.05. The van der Waals surface area contributed by atoms with Gasteiger partial charge in [-0.2, -0.15) is 4.99 Å². The Labute approximate surface area is 151 Å². The van der Waals surface area contributed by atoms with Crippen molar-refractivity contribution >= 4 is 39.1 Å². The van der Waals surface area contributed by atoms with Gasteiger partial charge < -0.3 is 9.30 Å². The van der Waals surface area contributed by atoms with Crippen LogP contribution in [0.4, 0.5) is 8.78 Å². The molecule has 0 aliphatic carbocycles. The standard InChI is InChI=1S/C17H13ClF2N2O2S/c1-24-9-8-22-15-12(20)6-3-7-13(15)25-17(22)21-16(23)14-10(18)4-2-5-11(14)19/h2-7H,8-9H2,1H3. The zero-order valence-corrected chi connectivity index (χ0v) is 14.7. The molecule has 130 valence electrons. The lowest BCUT2D eigenvalue weighted by molar-refractivity contribution is 0.0993. The van der Waals surface area contributed by atoms with Gasteiger partial charge in [-0.25, -0.2) is 8.78 Å². The van der Waals surface area contributed by atoms with Crippen molar-refractivity contribution in [3.63, 3.8) is 0 Å². The highest BCUT2D eigenvalue weighted by Gasteiger charge is 2.17. The molecule has 0 aliphatic heterocycles. The molecule has 3 rings (SSSR count). The number of rotatable bonds is 4. The van der Waals surface area contributed by atoms with Crippen molar-refractivity contribution in [1.29, 1.82) is 0 Å². The fourth-order valence-electron chi connectivity index (χ4n) is 2.41. The Balaban J connectivity index is 2.19. The number of nitrogens with zero attached hydrogens (tertiary/aromatic N) is 2. The number of halogens is 3. The van der Waals surface area contributed by atoms with Crippen molar-refractivity contribution < 1.29 is 18.3 Å². The summed E-state index contributed by atoms with van der Waals surface area (Å²) in [7, 11) is 1.52. The van der Waals surface area contributed by atoms with Crippen LogP contribution < -0.4 is 4.80 Å². The van der Waals surface area contributed by atoms with E-state index in [9.17, 15) is 13.6 Å². The van der Waals surface area contributed by atoms with Crippen molar-refractivity contribution in [2.24, 2.45) is 4.99 Å². The van der Waals surface area contributed by atoms with Gasteiger partial charge in [-0.3, -0.25) is 4.79 Å². The minimum absolute atomic E-state index is 0.0236. The molecule has 1 heterocycles. The number of benzene rings is 2. The SMILES string of the molecule is COCCn1c(=NC(=O)c2c(F)cccc2Cl)sc2cccc(F)c21. The Hall–Kier alpha value is -2.09. The molecule has 0 bridgehead atoms. The highest BCUT2D eigenvalue weighted by molar-refractivity contribution is 7.16. The van der Waals surface area contributed by atoms with Gasteiger partial charge in [0.05, 0.1) is 27.4 Å². The van der Waals surface area contributed by atoms with Gasteiger partial charge in [0.25, 0.3) is 5.91 Å². The van der Waals surface area contributed by atoms with Crippen LogP contribution in [0.5, 0.6) is 0 Å². The number of hydrogen-bond donors (Lipinski definition) is 0. The highest BCUT2D eigenvalue weighted by Crippen LogP contribution is 2.22. The van der Waals surface area contributed by atoms with Gasteiger partial charge in [-0.05, 0) is 24.3 Å². The lowest BCUT2D eigenvalue weighted by Crippen LogP contribution is -2.20. The molecule has 0 saturated carbocycles. The van der Waals surface area contributed by atoms with E-state index in [2.05, 4.69) is 4.99 Å². The third kappa shape index (κ3) is 3.49. The van der Waals surface area contributed by atoms with Crippen LogP contribution in [0.1, 0.15) is 10.4 Å². The van der Waals surface area contributed by atoms with Crippen LogP contribution in [-0.2, 0) is 11.3 Å². The Morgan fingerprint density at radius 2 is 1.96 bits per heavy atom. The van der Waals surface area contributed by atoms with Crippen LogP contribution in [0.2, 0.25) is 5.02 Å². The fourth-order valence-corrected chi connectivity index (χ4v) is 3.72. The monoisotopic (exact) mass is 382 g/mol. The molecular weight excluding hydrogens is 370 g/mol. The minimum Gasteiger partial charge on any atom is -0.383 e. The zero-order valence-electron chi connectivity index (χ0n) is 13.1. The van der Waals surface area contributed by atoms with Crippen molar-refractivity contribution in [3.8, 4) is 0 Å². The Kier molecular flexibility index (Phi) is 5.27. The number of ether oxygens (including phenoxy) is 1. The summed E-state index contributed by atoms with van der Waals surface area (Å²) in [5, 5.41) is -0.0236. The third-order valence-corrected chi connectivity index (χ3v) is 4.90. The van der Waals surface area contributed by atoms with Crippen molar-refractivity contribution in [3.05, 3.63) is 63.4 Å². The van der Waals surface area contributed by atoms with Crippen LogP contribution >= 0.6 is 22.9 Å². The van der Waals surface area contributed by atoms with E-state index in [0.717, 1.165) is 17.4 Å². The van der Waals surface area contributed by atoms with E-state index in [0.29, 0.717) is 23.4 Å². The Morgan fingerprint density at radius 3 is 2.68 bits per heavy atom. The molecule has 8 heteroatoms. The van der Waals surface area contributed by atoms with Crippen molar-refractivity contribution in [1.82, 2.24) is 4.57 Å². The molecule has 0 N–H and O–H groups in total. The molecule has 2 aromatic carbocycles. The van der Waals surface area contributed by atoms with Gasteiger partial charge in [0.15, 0.2) is 4.80 Å². The van der Waals surface area contributed by atoms with Gasteiger partial charge >= 0.3 is 0 Å². The van der Waals surface area contributed by atoms with Crippen molar-refractivity contribution in [2.45, 2.75) is 6.54 Å². The van der Waals surface area contributed by atoms with Gasteiger partial charge in [-0.15, -0.1) is 0 Å². The number of thiazole rings is 1.